The van der Waals surface area contributed by atoms with Gasteiger partial charge in [-0.15, -0.1) is 10.2 Å². The molecule has 2 heterocycles. The van der Waals surface area contributed by atoms with E-state index in [0.717, 1.165) is 10.6 Å². The lowest BCUT2D eigenvalue weighted by Gasteiger charge is -2.01. The van der Waals surface area contributed by atoms with Gasteiger partial charge >= 0.3 is 0 Å². The molecular weight excluding hydrogens is 230 g/mol. The quantitative estimate of drug-likeness (QED) is 0.689. The maximum absolute atomic E-state index is 4.05. The molecule has 4 heteroatoms. The number of aromatic nitrogens is 3. The molecule has 82 valence electrons. The Morgan fingerprint density at radius 1 is 0.765 bits per heavy atom. The summed E-state index contributed by atoms with van der Waals surface area (Å²) in [5.41, 5.74) is 5.20. The average Bonchev–Trinajstić information content (AvgIpc) is 2.94. The predicted octanol–water partition coefficient (Wildman–Crippen LogP) is 3.27. The van der Waals surface area contributed by atoms with Gasteiger partial charge < -0.3 is 0 Å². The molecule has 17 heavy (non-hydrogen) atoms. The van der Waals surface area contributed by atoms with Gasteiger partial charge in [0.2, 0.25) is 0 Å². The van der Waals surface area contributed by atoms with Gasteiger partial charge in [0.1, 0.15) is 10.5 Å². The molecule has 0 saturated heterocycles. The Balaban J connectivity index is 1.96. The molecule has 0 aliphatic rings. The Morgan fingerprint density at radius 3 is 2.06 bits per heavy atom. The molecule has 0 unspecified atom stereocenters. The first-order chi connectivity index (χ1) is 8.43. The molecule has 0 spiro atoms. The van der Waals surface area contributed by atoms with Crippen LogP contribution in [0.15, 0.2) is 54.3 Å². The molecule has 0 saturated carbocycles. The number of benzene rings is 1. The maximum atomic E-state index is 4.05. The van der Waals surface area contributed by atoms with E-state index < -0.39 is 0 Å². The van der Waals surface area contributed by atoms with Crippen molar-refractivity contribution in [2.75, 3.05) is 0 Å². The Kier molecular flexibility index (Phi) is 2.63. The first kappa shape index (κ1) is 10.1. The molecule has 3 rings (SSSR count). The zero-order chi connectivity index (χ0) is 11.5. The topological polar surface area (TPSA) is 38.7 Å². The van der Waals surface area contributed by atoms with Crippen LogP contribution in [0, 0.1) is 0 Å². The van der Waals surface area contributed by atoms with Crippen LogP contribution in [-0.2, 0) is 0 Å². The van der Waals surface area contributed by atoms with Gasteiger partial charge in [0, 0.05) is 18.0 Å². The summed E-state index contributed by atoms with van der Waals surface area (Å²) >= 11 is 1.55. The summed E-state index contributed by atoms with van der Waals surface area (Å²) in [4.78, 5) is 4.01. The largest absolute Gasteiger partial charge is 0.265 e. The van der Waals surface area contributed by atoms with Crippen LogP contribution in [0.1, 0.15) is 0 Å². The Hall–Kier alpha value is -2.07. The van der Waals surface area contributed by atoms with Gasteiger partial charge in [-0.1, -0.05) is 35.6 Å². The zero-order valence-electron chi connectivity index (χ0n) is 8.95. The fraction of sp³-hybridized carbons (Fsp3) is 0. The smallest absolute Gasteiger partial charge is 0.147 e. The van der Waals surface area contributed by atoms with E-state index >= 15 is 0 Å². The molecule has 0 bridgehead atoms. The third-order valence-electron chi connectivity index (χ3n) is 2.51. The van der Waals surface area contributed by atoms with E-state index in [2.05, 4.69) is 39.4 Å². The molecule has 2 aromatic heterocycles. The molecule has 0 N–H and O–H groups in total. The number of nitrogens with zero attached hydrogens (tertiary/aromatic N) is 3. The second kappa shape index (κ2) is 4.43. The molecule has 3 aromatic rings. The second-order valence-electron chi connectivity index (χ2n) is 3.56. The van der Waals surface area contributed by atoms with Gasteiger partial charge in [-0.25, -0.2) is 0 Å². The van der Waals surface area contributed by atoms with Crippen LogP contribution in [0.25, 0.3) is 21.7 Å². The Bertz CT molecular complexity index is 588. The molecule has 0 aliphatic carbocycles. The normalized spacial score (nSPS) is 10.4. The summed E-state index contributed by atoms with van der Waals surface area (Å²) in [6.07, 6.45) is 3.60. The van der Waals surface area contributed by atoms with Gasteiger partial charge in [0.15, 0.2) is 0 Å². The minimum Gasteiger partial charge on any atom is -0.265 e. The predicted molar refractivity (Wildman–Crippen MR) is 68.6 cm³/mol. The van der Waals surface area contributed by atoms with Crippen molar-refractivity contribution in [2.24, 2.45) is 0 Å². The molecular formula is C13H9N3S. The van der Waals surface area contributed by atoms with Crippen LogP contribution in [0.4, 0.5) is 0 Å². The number of hydrogen-bond acceptors (Lipinski definition) is 4. The lowest BCUT2D eigenvalue weighted by molar-refractivity contribution is 1.10. The number of pyridine rings is 1. The van der Waals surface area contributed by atoms with Crippen molar-refractivity contribution in [2.45, 2.75) is 0 Å². The summed E-state index contributed by atoms with van der Waals surface area (Å²) in [6.45, 7) is 0. The summed E-state index contributed by atoms with van der Waals surface area (Å²) in [6, 6.07) is 12.3. The zero-order valence-corrected chi connectivity index (χ0v) is 9.76. The molecule has 3 nitrogen and oxygen atoms in total. The number of hydrogen-bond donors (Lipinski definition) is 0. The second-order valence-corrected chi connectivity index (χ2v) is 4.39. The third kappa shape index (κ3) is 2.07. The van der Waals surface area contributed by atoms with E-state index in [0.29, 0.717) is 0 Å². The molecule has 0 fully saturated rings. The summed E-state index contributed by atoms with van der Waals surface area (Å²) in [7, 11) is 0. The highest BCUT2D eigenvalue weighted by Gasteiger charge is 2.02. The van der Waals surface area contributed by atoms with Crippen molar-refractivity contribution >= 4 is 11.3 Å². The van der Waals surface area contributed by atoms with E-state index in [-0.39, 0.29) is 0 Å². The van der Waals surface area contributed by atoms with Crippen molar-refractivity contribution < 1.29 is 0 Å². The van der Waals surface area contributed by atoms with E-state index in [1.807, 2.05) is 12.1 Å². The van der Waals surface area contributed by atoms with E-state index in [4.69, 9.17) is 0 Å². The summed E-state index contributed by atoms with van der Waals surface area (Å²) in [5, 5.41) is 8.84. The first-order valence-corrected chi connectivity index (χ1v) is 6.08. The lowest BCUT2D eigenvalue weighted by Crippen LogP contribution is -1.80. The lowest BCUT2D eigenvalue weighted by atomic mass is 10.1. The van der Waals surface area contributed by atoms with Gasteiger partial charge in [0.05, 0.1) is 0 Å². The fourth-order valence-corrected chi connectivity index (χ4v) is 2.21. The van der Waals surface area contributed by atoms with E-state index in [1.165, 1.54) is 11.1 Å². The van der Waals surface area contributed by atoms with Gasteiger partial charge in [-0.3, -0.25) is 4.98 Å². The standard InChI is InChI=1S/C13H9N3S/c1-3-12(13-16-15-9-17-13)4-2-10(1)11-5-7-14-8-6-11/h1-9H. The van der Waals surface area contributed by atoms with Gasteiger partial charge in [-0.2, -0.15) is 0 Å². The van der Waals surface area contributed by atoms with Crippen LogP contribution in [0.5, 0.6) is 0 Å². The summed E-state index contributed by atoms with van der Waals surface area (Å²) in [5.74, 6) is 0. The molecule has 0 aliphatic heterocycles. The Morgan fingerprint density at radius 2 is 1.41 bits per heavy atom. The third-order valence-corrected chi connectivity index (χ3v) is 3.25. The fourth-order valence-electron chi connectivity index (χ4n) is 1.65. The van der Waals surface area contributed by atoms with Crippen molar-refractivity contribution in [1.29, 1.82) is 0 Å². The van der Waals surface area contributed by atoms with Crippen molar-refractivity contribution in [3.05, 3.63) is 54.3 Å². The Labute approximate surface area is 103 Å². The van der Waals surface area contributed by atoms with Crippen molar-refractivity contribution in [3.8, 4) is 21.7 Å². The monoisotopic (exact) mass is 239 g/mol. The maximum Gasteiger partial charge on any atom is 0.147 e. The van der Waals surface area contributed by atoms with Crippen LogP contribution >= 0.6 is 11.3 Å². The van der Waals surface area contributed by atoms with Crippen LogP contribution < -0.4 is 0 Å². The SMILES string of the molecule is c1cc(-c2ccc(-c3nncs3)cc2)ccn1. The molecule has 0 radical (unpaired) electrons. The van der Waals surface area contributed by atoms with Gasteiger partial charge in [-0.05, 0) is 23.3 Å². The highest BCUT2D eigenvalue weighted by molar-refractivity contribution is 7.12. The minimum absolute atomic E-state index is 0.950. The highest BCUT2D eigenvalue weighted by Crippen LogP contribution is 2.24. The highest BCUT2D eigenvalue weighted by atomic mass is 32.1. The van der Waals surface area contributed by atoms with Gasteiger partial charge in [0.25, 0.3) is 0 Å². The van der Waals surface area contributed by atoms with Crippen LogP contribution in [-0.4, -0.2) is 15.2 Å². The van der Waals surface area contributed by atoms with E-state index in [9.17, 15) is 0 Å². The first-order valence-electron chi connectivity index (χ1n) is 5.20. The van der Waals surface area contributed by atoms with Crippen LogP contribution in [0.3, 0.4) is 0 Å². The summed E-state index contributed by atoms with van der Waals surface area (Å²) < 4.78 is 0. The molecule has 0 amide bonds. The van der Waals surface area contributed by atoms with Crippen LogP contribution in [0.2, 0.25) is 0 Å². The van der Waals surface area contributed by atoms with Crippen molar-refractivity contribution in [3.63, 3.8) is 0 Å². The molecule has 0 atom stereocenters. The van der Waals surface area contributed by atoms with Crippen molar-refractivity contribution in [1.82, 2.24) is 15.2 Å². The number of rotatable bonds is 2. The minimum atomic E-state index is 0.950. The molecule has 1 aromatic carbocycles. The van der Waals surface area contributed by atoms with E-state index in [1.54, 1.807) is 29.2 Å². The average molecular weight is 239 g/mol.